The van der Waals surface area contributed by atoms with Gasteiger partial charge in [-0.2, -0.15) is 0 Å². The van der Waals surface area contributed by atoms with E-state index in [2.05, 4.69) is 21.4 Å². The van der Waals surface area contributed by atoms with E-state index in [-0.39, 0.29) is 0 Å². The van der Waals surface area contributed by atoms with Crippen molar-refractivity contribution in [2.45, 2.75) is 25.2 Å². The van der Waals surface area contributed by atoms with Crippen molar-refractivity contribution in [1.29, 1.82) is 0 Å². The average molecular weight is 200 g/mol. The van der Waals surface area contributed by atoms with E-state index in [1.807, 2.05) is 18.5 Å². The number of aromatic nitrogens is 4. The summed E-state index contributed by atoms with van der Waals surface area (Å²) >= 11 is 0. The summed E-state index contributed by atoms with van der Waals surface area (Å²) in [6.45, 7) is 0. The van der Waals surface area contributed by atoms with Crippen molar-refractivity contribution in [3.63, 3.8) is 0 Å². The van der Waals surface area contributed by atoms with Gasteiger partial charge in [0, 0.05) is 17.8 Å². The maximum absolute atomic E-state index is 4.41. The Kier molecular flexibility index (Phi) is 1.98. The van der Waals surface area contributed by atoms with Gasteiger partial charge in [0.2, 0.25) is 0 Å². The monoisotopic (exact) mass is 200 g/mol. The van der Waals surface area contributed by atoms with Crippen LogP contribution >= 0.6 is 0 Å². The highest BCUT2D eigenvalue weighted by Gasteiger charge is 2.20. The smallest absolute Gasteiger partial charge is 0.0697 e. The summed E-state index contributed by atoms with van der Waals surface area (Å²) in [6, 6.07) is 4.06. The van der Waals surface area contributed by atoms with Gasteiger partial charge in [0.25, 0.3) is 0 Å². The van der Waals surface area contributed by atoms with Crippen molar-refractivity contribution < 1.29 is 0 Å². The normalized spacial score (nSPS) is 16.3. The first-order valence-electron chi connectivity index (χ1n) is 5.26. The Morgan fingerprint density at radius 1 is 1.27 bits per heavy atom. The Bertz CT molecular complexity index is 445. The van der Waals surface area contributed by atoms with Crippen LogP contribution in [0.4, 0.5) is 0 Å². The predicted octanol–water partition coefficient (Wildman–Crippen LogP) is 1.93. The summed E-state index contributed by atoms with van der Waals surface area (Å²) in [5.74, 6) is 0.661. The molecule has 0 unspecified atom stereocenters. The molecule has 0 radical (unpaired) electrons. The van der Waals surface area contributed by atoms with Crippen LogP contribution in [0.2, 0.25) is 0 Å². The van der Waals surface area contributed by atoms with E-state index in [1.54, 1.807) is 10.9 Å². The number of hydrogen-bond acceptors (Lipinski definition) is 3. The largest absolute Gasteiger partial charge is 0.261 e. The van der Waals surface area contributed by atoms with Crippen molar-refractivity contribution >= 4 is 0 Å². The number of nitrogens with zero attached hydrogens (tertiary/aromatic N) is 4. The highest BCUT2D eigenvalue weighted by atomic mass is 15.4. The summed E-state index contributed by atoms with van der Waals surface area (Å²) in [6.07, 6.45) is 9.26. The van der Waals surface area contributed by atoms with E-state index in [0.717, 1.165) is 5.69 Å². The second-order valence-corrected chi connectivity index (χ2v) is 3.91. The third-order valence-corrected chi connectivity index (χ3v) is 2.98. The molecule has 2 aromatic heterocycles. The highest BCUT2D eigenvalue weighted by Crippen LogP contribution is 2.35. The lowest BCUT2D eigenvalue weighted by molar-refractivity contribution is 0.411. The summed E-state index contributed by atoms with van der Waals surface area (Å²) in [7, 11) is 0. The standard InChI is InChI=1S/C11H12N4/c1-2-9(3-1)11-8-10(4-5-12-11)15-7-6-13-14-15/h4-9H,1-3H2. The molecular formula is C11H12N4. The molecule has 0 atom stereocenters. The molecule has 4 heteroatoms. The first-order valence-corrected chi connectivity index (χ1v) is 5.26. The molecule has 0 spiro atoms. The Morgan fingerprint density at radius 2 is 2.20 bits per heavy atom. The van der Waals surface area contributed by atoms with Gasteiger partial charge in [-0.25, -0.2) is 4.68 Å². The third kappa shape index (κ3) is 1.52. The van der Waals surface area contributed by atoms with E-state index >= 15 is 0 Å². The maximum Gasteiger partial charge on any atom is 0.0697 e. The Morgan fingerprint density at radius 3 is 2.87 bits per heavy atom. The van der Waals surface area contributed by atoms with E-state index in [9.17, 15) is 0 Å². The van der Waals surface area contributed by atoms with Gasteiger partial charge >= 0.3 is 0 Å². The molecule has 2 heterocycles. The van der Waals surface area contributed by atoms with Gasteiger partial charge in [-0.05, 0) is 25.0 Å². The first-order chi connectivity index (χ1) is 7.43. The average Bonchev–Trinajstić information content (AvgIpc) is 2.68. The topological polar surface area (TPSA) is 43.6 Å². The van der Waals surface area contributed by atoms with Crippen LogP contribution in [0.1, 0.15) is 30.9 Å². The van der Waals surface area contributed by atoms with Crippen molar-refractivity contribution in [1.82, 2.24) is 20.0 Å². The minimum atomic E-state index is 0.661. The maximum atomic E-state index is 4.41. The molecule has 0 N–H and O–H groups in total. The third-order valence-electron chi connectivity index (χ3n) is 2.98. The summed E-state index contributed by atoms with van der Waals surface area (Å²) in [4.78, 5) is 4.41. The lowest BCUT2D eigenvalue weighted by Crippen LogP contribution is -2.11. The fourth-order valence-electron chi connectivity index (χ4n) is 1.85. The van der Waals surface area contributed by atoms with Crippen molar-refractivity contribution in [2.24, 2.45) is 0 Å². The zero-order chi connectivity index (χ0) is 10.1. The minimum absolute atomic E-state index is 0.661. The van der Waals surface area contributed by atoms with Crippen LogP contribution in [0.15, 0.2) is 30.7 Å². The lowest BCUT2D eigenvalue weighted by Gasteiger charge is -2.24. The van der Waals surface area contributed by atoms with Crippen LogP contribution in [-0.2, 0) is 0 Å². The summed E-state index contributed by atoms with van der Waals surface area (Å²) < 4.78 is 1.77. The molecule has 2 aromatic rings. The molecule has 4 nitrogen and oxygen atoms in total. The second-order valence-electron chi connectivity index (χ2n) is 3.91. The molecule has 76 valence electrons. The molecule has 3 rings (SSSR count). The molecule has 15 heavy (non-hydrogen) atoms. The first kappa shape index (κ1) is 8.59. The number of hydrogen-bond donors (Lipinski definition) is 0. The van der Waals surface area contributed by atoms with Gasteiger partial charge in [0.05, 0.1) is 18.1 Å². The van der Waals surface area contributed by atoms with Crippen LogP contribution < -0.4 is 0 Å². The minimum Gasteiger partial charge on any atom is -0.261 e. The fourth-order valence-corrected chi connectivity index (χ4v) is 1.85. The van der Waals surface area contributed by atoms with Crippen LogP contribution in [0, 0.1) is 0 Å². The zero-order valence-corrected chi connectivity index (χ0v) is 8.37. The summed E-state index contributed by atoms with van der Waals surface area (Å²) in [5, 5.41) is 7.77. The van der Waals surface area contributed by atoms with Gasteiger partial charge in [-0.1, -0.05) is 11.6 Å². The number of rotatable bonds is 2. The second kappa shape index (κ2) is 3.46. The Balaban J connectivity index is 1.95. The van der Waals surface area contributed by atoms with Gasteiger partial charge < -0.3 is 0 Å². The predicted molar refractivity (Wildman–Crippen MR) is 55.7 cm³/mol. The van der Waals surface area contributed by atoms with Crippen molar-refractivity contribution in [3.8, 4) is 5.69 Å². The molecule has 0 aromatic carbocycles. The molecule has 0 amide bonds. The van der Waals surface area contributed by atoms with Gasteiger partial charge in [-0.3, -0.25) is 4.98 Å². The molecule has 1 saturated carbocycles. The van der Waals surface area contributed by atoms with Gasteiger partial charge in [-0.15, -0.1) is 5.10 Å². The van der Waals surface area contributed by atoms with Gasteiger partial charge in [0.1, 0.15) is 0 Å². The molecule has 0 saturated heterocycles. The molecule has 0 bridgehead atoms. The summed E-state index contributed by atoms with van der Waals surface area (Å²) in [5.41, 5.74) is 2.23. The van der Waals surface area contributed by atoms with E-state index in [4.69, 9.17) is 0 Å². The molecule has 1 aliphatic rings. The SMILES string of the molecule is c1cn(-c2ccnc(C3CCC3)c2)nn1. The molecular weight excluding hydrogens is 188 g/mol. The van der Waals surface area contributed by atoms with Crippen LogP contribution in [-0.4, -0.2) is 20.0 Å². The van der Waals surface area contributed by atoms with Crippen LogP contribution in [0.25, 0.3) is 5.69 Å². The van der Waals surface area contributed by atoms with Crippen LogP contribution in [0.3, 0.4) is 0 Å². The van der Waals surface area contributed by atoms with Crippen molar-refractivity contribution in [2.75, 3.05) is 0 Å². The Hall–Kier alpha value is -1.71. The fraction of sp³-hybridized carbons (Fsp3) is 0.364. The van der Waals surface area contributed by atoms with E-state index in [1.165, 1.54) is 25.0 Å². The molecule has 0 aliphatic heterocycles. The molecule has 1 aliphatic carbocycles. The van der Waals surface area contributed by atoms with E-state index in [0.29, 0.717) is 5.92 Å². The highest BCUT2D eigenvalue weighted by molar-refractivity contribution is 5.32. The van der Waals surface area contributed by atoms with E-state index < -0.39 is 0 Å². The van der Waals surface area contributed by atoms with Gasteiger partial charge in [0.15, 0.2) is 0 Å². The van der Waals surface area contributed by atoms with Crippen molar-refractivity contribution in [3.05, 3.63) is 36.4 Å². The quantitative estimate of drug-likeness (QED) is 0.744. The number of pyridine rings is 1. The zero-order valence-electron chi connectivity index (χ0n) is 8.37. The molecule has 1 fully saturated rings. The van der Waals surface area contributed by atoms with Crippen LogP contribution in [0.5, 0.6) is 0 Å². The Labute approximate surface area is 88.0 Å². The lowest BCUT2D eigenvalue weighted by atomic mass is 9.82.